The lowest BCUT2D eigenvalue weighted by Crippen LogP contribution is -2.39. The van der Waals surface area contributed by atoms with Gasteiger partial charge in [-0.2, -0.15) is 5.10 Å². The third-order valence-electron chi connectivity index (χ3n) is 4.11. The Morgan fingerprint density at radius 3 is 2.60 bits per heavy atom. The van der Waals surface area contributed by atoms with Gasteiger partial charge in [0, 0.05) is 28.7 Å². The van der Waals surface area contributed by atoms with Gasteiger partial charge in [-0.05, 0) is 42.3 Å². The number of hydrogen-bond acceptors (Lipinski definition) is 4. The molecule has 7 nitrogen and oxygen atoms in total. The molecule has 0 aliphatic carbocycles. The normalized spacial score (nSPS) is 12.2. The first-order valence-corrected chi connectivity index (χ1v) is 9.91. The number of aromatic amines is 1. The predicted octanol–water partition coefficient (Wildman–Crippen LogP) is 4.19. The molecule has 3 aromatic rings. The highest BCUT2D eigenvalue weighted by Crippen LogP contribution is 2.23. The summed E-state index contributed by atoms with van der Waals surface area (Å²) in [7, 11) is 0. The first-order valence-electron chi connectivity index (χ1n) is 9.16. The Bertz CT molecular complexity index is 947. The molecule has 1 unspecified atom stereocenters. The number of guanidine groups is 1. The van der Waals surface area contributed by atoms with Crippen LogP contribution >= 0.6 is 47.2 Å². The smallest absolute Gasteiger partial charge is 0.191 e. The van der Waals surface area contributed by atoms with E-state index in [9.17, 15) is 5.11 Å². The Labute approximate surface area is 202 Å². The molecule has 1 aromatic heterocycles. The molecule has 0 amide bonds. The highest BCUT2D eigenvalue weighted by Gasteiger charge is 2.10. The second kappa shape index (κ2) is 12.1. The van der Waals surface area contributed by atoms with Crippen LogP contribution < -0.4 is 10.6 Å². The summed E-state index contributed by atoms with van der Waals surface area (Å²) in [5.41, 5.74) is 2.62. The van der Waals surface area contributed by atoms with E-state index in [2.05, 4.69) is 30.8 Å². The molecule has 3 rings (SSSR count). The van der Waals surface area contributed by atoms with E-state index in [1.807, 2.05) is 31.2 Å². The Balaban J connectivity index is 0.00000320. The molecule has 0 saturated heterocycles. The third kappa shape index (κ3) is 7.12. The van der Waals surface area contributed by atoms with Gasteiger partial charge in [0.15, 0.2) is 11.8 Å². The monoisotopic (exact) mass is 560 g/mol. The van der Waals surface area contributed by atoms with Crippen molar-refractivity contribution in [2.45, 2.75) is 19.6 Å². The van der Waals surface area contributed by atoms with Gasteiger partial charge in [-0.1, -0.05) is 41.4 Å². The van der Waals surface area contributed by atoms with E-state index in [0.29, 0.717) is 40.5 Å². The fourth-order valence-electron chi connectivity index (χ4n) is 2.75. The van der Waals surface area contributed by atoms with Gasteiger partial charge >= 0.3 is 0 Å². The van der Waals surface area contributed by atoms with Gasteiger partial charge in [-0.3, -0.25) is 5.10 Å². The van der Waals surface area contributed by atoms with Gasteiger partial charge in [-0.15, -0.1) is 24.0 Å². The van der Waals surface area contributed by atoms with Crippen LogP contribution in [-0.4, -0.2) is 39.3 Å². The minimum Gasteiger partial charge on any atom is -0.387 e. The maximum Gasteiger partial charge on any atom is 0.191 e. The molecule has 4 N–H and O–H groups in total. The van der Waals surface area contributed by atoms with Crippen LogP contribution in [0.4, 0.5) is 0 Å². The highest BCUT2D eigenvalue weighted by molar-refractivity contribution is 14.0. The molecule has 30 heavy (non-hydrogen) atoms. The molecule has 0 radical (unpaired) electrons. The first kappa shape index (κ1) is 24.4. The number of aliphatic hydroxyl groups excluding tert-OH is 1. The van der Waals surface area contributed by atoms with Crippen LogP contribution in [0.2, 0.25) is 10.0 Å². The molecule has 0 bridgehead atoms. The Hall–Kier alpha value is -1.88. The summed E-state index contributed by atoms with van der Waals surface area (Å²) in [5, 5.41) is 24.5. The summed E-state index contributed by atoms with van der Waals surface area (Å²) in [4.78, 5) is 8.76. The summed E-state index contributed by atoms with van der Waals surface area (Å²) >= 11 is 12.0. The molecule has 0 spiro atoms. The zero-order chi connectivity index (χ0) is 20.6. The van der Waals surface area contributed by atoms with Crippen molar-refractivity contribution in [2.24, 2.45) is 4.99 Å². The fraction of sp³-hybridized carbons (Fsp3) is 0.250. The van der Waals surface area contributed by atoms with Crippen LogP contribution in [0.3, 0.4) is 0 Å². The number of nitrogens with one attached hydrogen (secondary N) is 3. The topological polar surface area (TPSA) is 98.2 Å². The van der Waals surface area contributed by atoms with Gasteiger partial charge in [0.25, 0.3) is 0 Å². The number of H-pyrrole nitrogens is 1. The SMILES string of the molecule is CCNC(=NCc1cccc(-c2ncn[nH]2)c1)NCC(O)c1cc(Cl)cc(Cl)c1.I. The van der Waals surface area contributed by atoms with Crippen molar-refractivity contribution < 1.29 is 5.11 Å². The summed E-state index contributed by atoms with van der Waals surface area (Å²) in [5.74, 6) is 1.31. The van der Waals surface area contributed by atoms with Gasteiger partial charge in [0.1, 0.15) is 6.33 Å². The summed E-state index contributed by atoms with van der Waals surface area (Å²) in [6.07, 6.45) is 0.705. The molecular weight excluding hydrogens is 538 g/mol. The van der Waals surface area contributed by atoms with E-state index in [1.54, 1.807) is 18.2 Å². The van der Waals surface area contributed by atoms with Crippen LogP contribution in [0.15, 0.2) is 53.8 Å². The molecule has 1 atom stereocenters. The molecule has 2 aromatic carbocycles. The number of aliphatic imine (C=N–C) groups is 1. The molecule has 0 saturated carbocycles. The summed E-state index contributed by atoms with van der Waals surface area (Å²) in [6.45, 7) is 3.41. The number of halogens is 3. The van der Waals surface area contributed by atoms with Crippen LogP contribution in [0.1, 0.15) is 24.2 Å². The number of hydrogen-bond donors (Lipinski definition) is 4. The number of nitrogens with zero attached hydrogens (tertiary/aromatic N) is 3. The highest BCUT2D eigenvalue weighted by atomic mass is 127. The molecule has 1 heterocycles. The minimum atomic E-state index is -0.773. The third-order valence-corrected chi connectivity index (χ3v) is 4.55. The van der Waals surface area contributed by atoms with Crippen molar-refractivity contribution in [1.29, 1.82) is 0 Å². The zero-order valence-electron chi connectivity index (χ0n) is 16.3. The van der Waals surface area contributed by atoms with Crippen molar-refractivity contribution in [3.05, 3.63) is 70.0 Å². The lowest BCUT2D eigenvalue weighted by Gasteiger charge is -2.16. The van der Waals surface area contributed by atoms with Crippen molar-refractivity contribution in [1.82, 2.24) is 25.8 Å². The maximum absolute atomic E-state index is 10.4. The largest absolute Gasteiger partial charge is 0.387 e. The predicted molar refractivity (Wildman–Crippen MR) is 131 cm³/mol. The standard InChI is InChI=1S/C20H22Cl2N6O.HI/c1-2-23-20(25-11-18(29)15-7-16(21)9-17(22)8-15)24-10-13-4-3-5-14(6-13)19-26-12-27-28-19;/h3-9,12,18,29H,2,10-11H2,1H3,(H2,23,24,25)(H,26,27,28);1H. The average Bonchev–Trinajstić information content (AvgIpc) is 3.24. The molecular formula is C20H23Cl2IN6O. The number of aromatic nitrogens is 3. The van der Waals surface area contributed by atoms with E-state index < -0.39 is 6.10 Å². The van der Waals surface area contributed by atoms with Crippen molar-refractivity contribution in [2.75, 3.05) is 13.1 Å². The maximum atomic E-state index is 10.4. The van der Waals surface area contributed by atoms with E-state index in [1.165, 1.54) is 6.33 Å². The van der Waals surface area contributed by atoms with Crippen molar-refractivity contribution >= 4 is 53.1 Å². The average molecular weight is 561 g/mol. The molecule has 0 aliphatic rings. The zero-order valence-corrected chi connectivity index (χ0v) is 20.1. The Morgan fingerprint density at radius 1 is 1.17 bits per heavy atom. The van der Waals surface area contributed by atoms with Crippen LogP contribution in [0.5, 0.6) is 0 Å². The molecule has 0 aliphatic heterocycles. The van der Waals surface area contributed by atoms with Crippen LogP contribution in [0.25, 0.3) is 11.4 Å². The summed E-state index contributed by atoms with van der Waals surface area (Å²) in [6, 6.07) is 12.9. The van der Waals surface area contributed by atoms with Gasteiger partial charge in [0.2, 0.25) is 0 Å². The van der Waals surface area contributed by atoms with Gasteiger partial charge in [0.05, 0.1) is 12.6 Å². The van der Waals surface area contributed by atoms with Crippen LogP contribution in [-0.2, 0) is 6.54 Å². The molecule has 160 valence electrons. The van der Waals surface area contributed by atoms with E-state index >= 15 is 0 Å². The Morgan fingerprint density at radius 2 is 1.93 bits per heavy atom. The van der Waals surface area contributed by atoms with E-state index in [-0.39, 0.29) is 30.5 Å². The number of benzene rings is 2. The lowest BCUT2D eigenvalue weighted by molar-refractivity contribution is 0.181. The first-order chi connectivity index (χ1) is 14.0. The summed E-state index contributed by atoms with van der Waals surface area (Å²) < 4.78 is 0. The molecule has 10 heteroatoms. The van der Waals surface area contributed by atoms with Gasteiger partial charge in [-0.25, -0.2) is 9.98 Å². The minimum absolute atomic E-state index is 0. The quantitative estimate of drug-likeness (QED) is 0.197. The van der Waals surface area contributed by atoms with Crippen molar-refractivity contribution in [3.63, 3.8) is 0 Å². The number of aliphatic hydroxyl groups is 1. The van der Waals surface area contributed by atoms with Crippen LogP contribution in [0, 0.1) is 0 Å². The van der Waals surface area contributed by atoms with Gasteiger partial charge < -0.3 is 15.7 Å². The molecule has 0 fully saturated rings. The van der Waals surface area contributed by atoms with Crippen molar-refractivity contribution in [3.8, 4) is 11.4 Å². The second-order valence-electron chi connectivity index (χ2n) is 6.33. The van der Waals surface area contributed by atoms with E-state index in [0.717, 1.165) is 11.1 Å². The van der Waals surface area contributed by atoms with E-state index in [4.69, 9.17) is 23.2 Å². The lowest BCUT2D eigenvalue weighted by atomic mass is 10.1. The number of rotatable bonds is 7. The fourth-order valence-corrected chi connectivity index (χ4v) is 3.30. The second-order valence-corrected chi connectivity index (χ2v) is 7.20. The Kier molecular flexibility index (Phi) is 9.83.